The summed E-state index contributed by atoms with van der Waals surface area (Å²) in [6, 6.07) is 17.6. The number of nitrogens with one attached hydrogen (secondary N) is 1. The smallest absolute Gasteiger partial charge is 0.254 e. The van der Waals surface area contributed by atoms with Crippen LogP contribution in [-0.4, -0.2) is 15.5 Å². The molecule has 6 heteroatoms. The molecule has 24 heavy (non-hydrogen) atoms. The molecule has 0 spiro atoms. The second-order valence-corrected chi connectivity index (χ2v) is 5.60. The number of hydrogen-bond acceptors (Lipinski definition) is 3. The average molecular weight is 340 g/mol. The molecule has 1 amide bonds. The normalized spacial score (nSPS) is 10.4. The number of amides is 1. The third kappa shape index (κ3) is 3.88. The summed E-state index contributed by atoms with van der Waals surface area (Å²) in [7, 11) is 0. The zero-order chi connectivity index (χ0) is 16.9. The molecule has 1 aromatic heterocycles. The highest BCUT2D eigenvalue weighted by Crippen LogP contribution is 2.15. The number of aromatic nitrogens is 2. The highest BCUT2D eigenvalue weighted by Gasteiger charge is 2.07. The molecule has 1 N–H and O–H groups in total. The summed E-state index contributed by atoms with van der Waals surface area (Å²) in [6.07, 6.45) is 1.38. The minimum Gasteiger partial charge on any atom is -0.324 e. The van der Waals surface area contributed by atoms with Gasteiger partial charge in [-0.3, -0.25) is 14.2 Å². The molecule has 0 saturated heterocycles. The van der Waals surface area contributed by atoms with E-state index in [-0.39, 0.29) is 18.0 Å². The number of anilines is 1. The molecule has 0 atom stereocenters. The highest BCUT2D eigenvalue weighted by atomic mass is 35.5. The number of carbonyl (C=O) groups excluding carboxylic acids is 1. The second-order valence-electron chi connectivity index (χ2n) is 5.16. The standard InChI is InChI=1S/C18H14ClN3O2/c19-14-7-4-8-15(9-14)21-17(23)11-22-12-20-16(10-18(22)24)13-5-2-1-3-6-13/h1-10,12H,11H2,(H,21,23). The lowest BCUT2D eigenvalue weighted by Gasteiger charge is -2.08. The van der Waals surface area contributed by atoms with Gasteiger partial charge in [0.05, 0.1) is 12.0 Å². The lowest BCUT2D eigenvalue weighted by atomic mass is 10.1. The van der Waals surface area contributed by atoms with Crippen LogP contribution in [0.2, 0.25) is 5.02 Å². The molecular weight excluding hydrogens is 326 g/mol. The number of hydrogen-bond donors (Lipinski definition) is 1. The van der Waals surface area contributed by atoms with Crippen LogP contribution in [0.15, 0.2) is 71.8 Å². The largest absolute Gasteiger partial charge is 0.324 e. The SMILES string of the molecule is O=C(Cn1cnc(-c2ccccc2)cc1=O)Nc1cccc(Cl)c1. The van der Waals surface area contributed by atoms with Gasteiger partial charge in [0.25, 0.3) is 5.56 Å². The van der Waals surface area contributed by atoms with Gasteiger partial charge in [0.1, 0.15) is 6.54 Å². The van der Waals surface area contributed by atoms with Crippen molar-refractivity contribution in [1.82, 2.24) is 9.55 Å². The van der Waals surface area contributed by atoms with Gasteiger partial charge in [-0.15, -0.1) is 0 Å². The van der Waals surface area contributed by atoms with E-state index in [9.17, 15) is 9.59 Å². The van der Waals surface area contributed by atoms with Gasteiger partial charge in [0.2, 0.25) is 5.91 Å². The predicted octanol–water partition coefficient (Wildman–Crippen LogP) is 3.20. The molecule has 3 rings (SSSR count). The first kappa shape index (κ1) is 16.0. The van der Waals surface area contributed by atoms with E-state index in [4.69, 9.17) is 11.6 Å². The average Bonchev–Trinajstić information content (AvgIpc) is 2.57. The minimum atomic E-state index is -0.325. The van der Waals surface area contributed by atoms with Gasteiger partial charge in [0.15, 0.2) is 0 Å². The van der Waals surface area contributed by atoms with Gasteiger partial charge in [-0.05, 0) is 18.2 Å². The fourth-order valence-corrected chi connectivity index (χ4v) is 2.42. The molecule has 0 aliphatic carbocycles. The molecule has 0 fully saturated rings. The summed E-state index contributed by atoms with van der Waals surface area (Å²) in [5.74, 6) is -0.325. The second kappa shape index (κ2) is 7.10. The Morgan fingerprint density at radius 3 is 2.58 bits per heavy atom. The fourth-order valence-electron chi connectivity index (χ4n) is 2.23. The van der Waals surface area contributed by atoms with E-state index in [1.54, 1.807) is 24.3 Å². The van der Waals surface area contributed by atoms with Crippen molar-refractivity contribution in [3.63, 3.8) is 0 Å². The van der Waals surface area contributed by atoms with Crippen molar-refractivity contribution < 1.29 is 4.79 Å². The zero-order valence-electron chi connectivity index (χ0n) is 12.6. The van der Waals surface area contributed by atoms with Gasteiger partial charge < -0.3 is 5.32 Å². The monoisotopic (exact) mass is 339 g/mol. The van der Waals surface area contributed by atoms with Gasteiger partial charge in [-0.2, -0.15) is 0 Å². The molecule has 2 aromatic carbocycles. The first-order valence-electron chi connectivity index (χ1n) is 7.29. The van der Waals surface area contributed by atoms with E-state index in [1.807, 2.05) is 30.3 Å². The van der Waals surface area contributed by atoms with Crippen molar-refractivity contribution in [3.8, 4) is 11.3 Å². The van der Waals surface area contributed by atoms with Crippen LogP contribution in [-0.2, 0) is 11.3 Å². The van der Waals surface area contributed by atoms with Gasteiger partial charge in [-0.1, -0.05) is 48.0 Å². The topological polar surface area (TPSA) is 64.0 Å². The maximum Gasteiger partial charge on any atom is 0.254 e. The number of nitrogens with zero attached hydrogens (tertiary/aromatic N) is 2. The molecule has 3 aromatic rings. The molecule has 0 bridgehead atoms. The van der Waals surface area contributed by atoms with Gasteiger partial charge >= 0.3 is 0 Å². The lowest BCUT2D eigenvalue weighted by molar-refractivity contribution is -0.116. The van der Waals surface area contributed by atoms with E-state index in [2.05, 4.69) is 10.3 Å². The fraction of sp³-hybridized carbons (Fsp3) is 0.0556. The number of benzene rings is 2. The molecule has 0 radical (unpaired) electrons. The molecule has 120 valence electrons. The molecule has 5 nitrogen and oxygen atoms in total. The van der Waals surface area contributed by atoms with Crippen LogP contribution in [0.1, 0.15) is 0 Å². The Morgan fingerprint density at radius 2 is 1.88 bits per heavy atom. The summed E-state index contributed by atoms with van der Waals surface area (Å²) < 4.78 is 1.26. The Kier molecular flexibility index (Phi) is 4.72. The number of rotatable bonds is 4. The maximum absolute atomic E-state index is 12.2. The Hall–Kier alpha value is -2.92. The predicted molar refractivity (Wildman–Crippen MR) is 94.0 cm³/mol. The van der Waals surface area contributed by atoms with E-state index >= 15 is 0 Å². The summed E-state index contributed by atoms with van der Waals surface area (Å²) in [4.78, 5) is 28.5. The molecule has 0 unspecified atom stereocenters. The van der Waals surface area contributed by atoms with Crippen molar-refractivity contribution in [2.45, 2.75) is 6.54 Å². The summed E-state index contributed by atoms with van der Waals surface area (Å²) in [6.45, 7) is -0.118. The summed E-state index contributed by atoms with van der Waals surface area (Å²) >= 11 is 5.87. The van der Waals surface area contributed by atoms with Crippen molar-refractivity contribution in [1.29, 1.82) is 0 Å². The first-order valence-corrected chi connectivity index (χ1v) is 7.67. The van der Waals surface area contributed by atoms with E-state index in [0.717, 1.165) is 5.56 Å². The summed E-state index contributed by atoms with van der Waals surface area (Å²) in [5, 5.41) is 3.22. The van der Waals surface area contributed by atoms with Crippen LogP contribution in [0.25, 0.3) is 11.3 Å². The molecular formula is C18H14ClN3O2. The summed E-state index contributed by atoms with van der Waals surface area (Å²) in [5.41, 5.74) is 1.72. The van der Waals surface area contributed by atoms with Gasteiger partial charge in [-0.25, -0.2) is 4.98 Å². The van der Waals surface area contributed by atoms with Crippen LogP contribution < -0.4 is 10.9 Å². The third-order valence-corrected chi connectivity index (χ3v) is 3.61. The molecule has 0 aliphatic rings. The van der Waals surface area contributed by atoms with E-state index < -0.39 is 0 Å². The molecule has 1 heterocycles. The van der Waals surface area contributed by atoms with Crippen molar-refractivity contribution >= 4 is 23.2 Å². The Labute approximate surface area is 143 Å². The van der Waals surface area contributed by atoms with Crippen molar-refractivity contribution in [2.24, 2.45) is 0 Å². The minimum absolute atomic E-state index is 0.118. The zero-order valence-corrected chi connectivity index (χ0v) is 13.4. The van der Waals surface area contributed by atoms with Crippen LogP contribution in [0.5, 0.6) is 0 Å². The highest BCUT2D eigenvalue weighted by molar-refractivity contribution is 6.30. The van der Waals surface area contributed by atoms with E-state index in [0.29, 0.717) is 16.4 Å². The number of halogens is 1. The van der Waals surface area contributed by atoms with Crippen LogP contribution in [0, 0.1) is 0 Å². The lowest BCUT2D eigenvalue weighted by Crippen LogP contribution is -2.27. The third-order valence-electron chi connectivity index (χ3n) is 3.37. The first-order chi connectivity index (χ1) is 11.6. The van der Waals surface area contributed by atoms with Crippen LogP contribution in [0.3, 0.4) is 0 Å². The number of carbonyl (C=O) groups is 1. The Morgan fingerprint density at radius 1 is 1.08 bits per heavy atom. The Bertz CT molecular complexity index is 923. The van der Waals surface area contributed by atoms with Crippen molar-refractivity contribution in [3.05, 3.63) is 82.4 Å². The van der Waals surface area contributed by atoms with Crippen LogP contribution >= 0.6 is 11.6 Å². The molecule has 0 aliphatic heterocycles. The van der Waals surface area contributed by atoms with E-state index in [1.165, 1.54) is 17.0 Å². The Balaban J connectivity index is 1.74. The maximum atomic E-state index is 12.2. The quantitative estimate of drug-likeness (QED) is 0.794. The van der Waals surface area contributed by atoms with Crippen molar-refractivity contribution in [2.75, 3.05) is 5.32 Å². The van der Waals surface area contributed by atoms with Gasteiger partial charge in [0, 0.05) is 22.3 Å². The molecule has 0 saturated carbocycles. The van der Waals surface area contributed by atoms with Crippen LogP contribution in [0.4, 0.5) is 5.69 Å².